The van der Waals surface area contributed by atoms with Crippen molar-refractivity contribution in [2.45, 2.75) is 24.3 Å². The highest BCUT2D eigenvalue weighted by Gasteiger charge is 2.28. The number of nitrogens with one attached hydrogen (secondary N) is 1. The van der Waals surface area contributed by atoms with Gasteiger partial charge in [-0.05, 0) is 47.3 Å². The molecule has 0 fully saturated rings. The van der Waals surface area contributed by atoms with Crippen molar-refractivity contribution < 1.29 is 8.42 Å². The Hall–Kier alpha value is -0.310. The van der Waals surface area contributed by atoms with E-state index in [1.165, 1.54) is 4.31 Å². The molecule has 8 heteroatoms. The number of halogens is 1. The van der Waals surface area contributed by atoms with Gasteiger partial charge >= 0.3 is 0 Å². The Bertz CT molecular complexity index is 552. The van der Waals surface area contributed by atoms with Gasteiger partial charge in [0.1, 0.15) is 10.7 Å². The van der Waals surface area contributed by atoms with Gasteiger partial charge in [-0.15, -0.1) is 0 Å². The van der Waals surface area contributed by atoms with E-state index in [0.717, 1.165) is 12.2 Å². The van der Waals surface area contributed by atoms with Crippen LogP contribution in [-0.4, -0.2) is 49.9 Å². The first kappa shape index (κ1) is 17.7. The summed E-state index contributed by atoms with van der Waals surface area (Å²) in [5.74, 6) is 1.29. The number of sulfonamides is 1. The Labute approximate surface area is 133 Å². The Morgan fingerprint density at radius 1 is 1.55 bits per heavy atom. The zero-order valence-corrected chi connectivity index (χ0v) is 15.3. The lowest BCUT2D eigenvalue weighted by molar-refractivity contribution is 0.382. The third kappa shape index (κ3) is 4.09. The second-order valence-corrected chi connectivity index (χ2v) is 8.27. The number of anilines is 1. The fraction of sp³-hybridized carbons (Fsp3) is 0.583. The monoisotopic (exact) mass is 381 g/mol. The normalized spacial score (nSPS) is 13.5. The van der Waals surface area contributed by atoms with E-state index in [0.29, 0.717) is 10.3 Å². The Morgan fingerprint density at radius 2 is 2.20 bits per heavy atom. The SMILES string of the molecule is CNc1ncc(Br)cc1S(=O)(=O)N(C)C(C)CCSC. The minimum Gasteiger partial charge on any atom is -0.372 e. The molecule has 1 heterocycles. The molecule has 0 saturated carbocycles. The minimum absolute atomic E-state index is 0.0591. The minimum atomic E-state index is -3.56. The largest absolute Gasteiger partial charge is 0.372 e. The van der Waals surface area contributed by atoms with Gasteiger partial charge in [0.15, 0.2) is 0 Å². The molecule has 1 rings (SSSR count). The fourth-order valence-electron chi connectivity index (χ4n) is 1.67. The zero-order chi connectivity index (χ0) is 15.3. The van der Waals surface area contributed by atoms with Crippen molar-refractivity contribution in [1.29, 1.82) is 0 Å². The van der Waals surface area contributed by atoms with Crippen LogP contribution >= 0.6 is 27.7 Å². The highest BCUT2D eigenvalue weighted by molar-refractivity contribution is 9.10. The Morgan fingerprint density at radius 3 is 2.75 bits per heavy atom. The molecule has 0 bridgehead atoms. The fourth-order valence-corrected chi connectivity index (χ4v) is 4.29. The maximum Gasteiger partial charge on any atom is 0.246 e. The summed E-state index contributed by atoms with van der Waals surface area (Å²) in [6.07, 6.45) is 4.40. The van der Waals surface area contributed by atoms with Crippen LogP contribution in [0.5, 0.6) is 0 Å². The average molecular weight is 382 g/mol. The quantitative estimate of drug-likeness (QED) is 0.786. The van der Waals surface area contributed by atoms with Crippen molar-refractivity contribution >= 4 is 43.5 Å². The van der Waals surface area contributed by atoms with Gasteiger partial charge in [0, 0.05) is 30.8 Å². The van der Waals surface area contributed by atoms with Crippen LogP contribution in [0.4, 0.5) is 5.82 Å². The highest BCUT2D eigenvalue weighted by Crippen LogP contribution is 2.26. The van der Waals surface area contributed by atoms with E-state index < -0.39 is 10.0 Å². The van der Waals surface area contributed by atoms with E-state index in [1.807, 2.05) is 13.2 Å². The third-order valence-electron chi connectivity index (χ3n) is 3.07. The number of hydrogen-bond donors (Lipinski definition) is 1. The van der Waals surface area contributed by atoms with E-state index in [-0.39, 0.29) is 10.9 Å². The molecule has 1 unspecified atom stereocenters. The van der Waals surface area contributed by atoms with Crippen LogP contribution in [0.3, 0.4) is 0 Å². The summed E-state index contributed by atoms with van der Waals surface area (Å²) in [4.78, 5) is 4.29. The molecular weight excluding hydrogens is 362 g/mol. The molecule has 0 radical (unpaired) electrons. The van der Waals surface area contributed by atoms with Gasteiger partial charge in [-0.25, -0.2) is 13.4 Å². The van der Waals surface area contributed by atoms with Gasteiger partial charge in [-0.3, -0.25) is 0 Å². The van der Waals surface area contributed by atoms with Gasteiger partial charge < -0.3 is 5.32 Å². The Kier molecular flexibility index (Phi) is 6.77. The zero-order valence-electron chi connectivity index (χ0n) is 12.1. The van der Waals surface area contributed by atoms with Crippen LogP contribution in [0.25, 0.3) is 0 Å². The molecule has 0 amide bonds. The van der Waals surface area contributed by atoms with E-state index in [1.54, 1.807) is 38.1 Å². The summed E-state index contributed by atoms with van der Waals surface area (Å²) in [6, 6.07) is 1.52. The summed E-state index contributed by atoms with van der Waals surface area (Å²) in [6.45, 7) is 1.91. The first-order valence-corrected chi connectivity index (χ1v) is 9.77. The lowest BCUT2D eigenvalue weighted by Gasteiger charge is -2.25. The first-order valence-electron chi connectivity index (χ1n) is 6.14. The van der Waals surface area contributed by atoms with E-state index in [9.17, 15) is 8.42 Å². The first-order chi connectivity index (χ1) is 9.34. The van der Waals surface area contributed by atoms with Crippen LogP contribution in [0.1, 0.15) is 13.3 Å². The molecule has 1 N–H and O–H groups in total. The molecule has 1 aromatic heterocycles. The van der Waals surface area contributed by atoms with E-state index >= 15 is 0 Å². The summed E-state index contributed by atoms with van der Waals surface area (Å²) >= 11 is 4.98. The van der Waals surface area contributed by atoms with Crippen LogP contribution in [0, 0.1) is 0 Å². The molecule has 5 nitrogen and oxygen atoms in total. The van der Waals surface area contributed by atoms with Crippen molar-refractivity contribution in [1.82, 2.24) is 9.29 Å². The number of aromatic nitrogens is 1. The molecule has 0 aliphatic heterocycles. The van der Waals surface area contributed by atoms with Crippen molar-refractivity contribution in [3.8, 4) is 0 Å². The van der Waals surface area contributed by atoms with Crippen molar-refractivity contribution in [2.75, 3.05) is 31.4 Å². The smallest absolute Gasteiger partial charge is 0.246 e. The molecule has 1 aromatic rings. The van der Waals surface area contributed by atoms with Crippen molar-refractivity contribution in [3.63, 3.8) is 0 Å². The van der Waals surface area contributed by atoms with E-state index in [2.05, 4.69) is 26.2 Å². The Balaban J connectivity index is 3.12. The number of rotatable bonds is 7. The molecule has 0 aromatic carbocycles. The van der Waals surface area contributed by atoms with Gasteiger partial charge in [0.2, 0.25) is 10.0 Å². The average Bonchev–Trinajstić information content (AvgIpc) is 2.43. The molecule has 0 aliphatic carbocycles. The predicted octanol–water partition coefficient (Wildman–Crippen LogP) is 2.65. The van der Waals surface area contributed by atoms with Crippen molar-refractivity contribution in [3.05, 3.63) is 16.7 Å². The molecule has 0 aliphatic rings. The maximum absolute atomic E-state index is 12.7. The topological polar surface area (TPSA) is 62.3 Å². The number of pyridine rings is 1. The molecule has 0 spiro atoms. The van der Waals surface area contributed by atoms with Gasteiger partial charge in [-0.1, -0.05) is 0 Å². The maximum atomic E-state index is 12.7. The molecular formula is C12H20BrN3O2S2. The second-order valence-electron chi connectivity index (χ2n) is 4.40. The van der Waals surface area contributed by atoms with Gasteiger partial charge in [-0.2, -0.15) is 16.1 Å². The second kappa shape index (κ2) is 7.63. The standard InChI is InChI=1S/C12H20BrN3O2S2/c1-9(5-6-19-4)16(3)20(17,18)11-7-10(13)8-15-12(11)14-2/h7-9H,5-6H2,1-4H3,(H,14,15). The summed E-state index contributed by atoms with van der Waals surface area (Å²) < 4.78 is 27.4. The molecule has 20 heavy (non-hydrogen) atoms. The highest BCUT2D eigenvalue weighted by atomic mass is 79.9. The van der Waals surface area contributed by atoms with Gasteiger partial charge in [0.05, 0.1) is 0 Å². The lowest BCUT2D eigenvalue weighted by atomic mass is 10.3. The molecule has 0 saturated heterocycles. The number of thioether (sulfide) groups is 1. The van der Waals surface area contributed by atoms with Crippen molar-refractivity contribution in [2.24, 2.45) is 0 Å². The van der Waals surface area contributed by atoms with Crippen LogP contribution in [0.15, 0.2) is 21.6 Å². The third-order valence-corrected chi connectivity index (χ3v) is 6.14. The van der Waals surface area contributed by atoms with Crippen LogP contribution in [0.2, 0.25) is 0 Å². The van der Waals surface area contributed by atoms with Crippen LogP contribution < -0.4 is 5.32 Å². The summed E-state index contributed by atoms with van der Waals surface area (Å²) in [7, 11) is -0.294. The molecule has 114 valence electrons. The molecule has 1 atom stereocenters. The number of nitrogens with zero attached hydrogens (tertiary/aromatic N) is 2. The van der Waals surface area contributed by atoms with Crippen LogP contribution in [-0.2, 0) is 10.0 Å². The van der Waals surface area contributed by atoms with E-state index in [4.69, 9.17) is 0 Å². The summed E-state index contributed by atoms with van der Waals surface area (Å²) in [5.41, 5.74) is 0. The summed E-state index contributed by atoms with van der Waals surface area (Å²) in [5, 5.41) is 2.82. The number of hydrogen-bond acceptors (Lipinski definition) is 5. The predicted molar refractivity (Wildman–Crippen MR) is 88.9 cm³/mol. The van der Waals surface area contributed by atoms with Gasteiger partial charge in [0.25, 0.3) is 0 Å². The lowest BCUT2D eigenvalue weighted by Crippen LogP contribution is -2.35.